The number of nitrogens with one attached hydrogen (secondary N) is 1. The minimum Gasteiger partial charge on any atom is -0.355 e. The fraction of sp³-hybridized carbons (Fsp3) is 0.136. The zero-order valence-corrected chi connectivity index (χ0v) is 16.8. The average molecular weight is 400 g/mol. The van der Waals surface area contributed by atoms with Crippen molar-refractivity contribution in [2.24, 2.45) is 0 Å². The van der Waals surface area contributed by atoms with Gasteiger partial charge < -0.3 is 5.32 Å². The number of nitrogens with zero attached hydrogens (tertiary/aromatic N) is 5. The van der Waals surface area contributed by atoms with Gasteiger partial charge in [0.05, 0.1) is 18.1 Å². The number of hydrogen-bond donors (Lipinski definition) is 1. The molecule has 0 saturated carbocycles. The van der Waals surface area contributed by atoms with E-state index in [9.17, 15) is 9.59 Å². The van der Waals surface area contributed by atoms with Gasteiger partial charge in [-0.2, -0.15) is 0 Å². The van der Waals surface area contributed by atoms with Crippen LogP contribution in [0, 0.1) is 6.92 Å². The quantitative estimate of drug-likeness (QED) is 0.569. The lowest BCUT2D eigenvalue weighted by Gasteiger charge is -2.16. The van der Waals surface area contributed by atoms with E-state index in [1.54, 1.807) is 57.1 Å². The van der Waals surface area contributed by atoms with E-state index in [1.807, 2.05) is 29.5 Å². The summed E-state index contributed by atoms with van der Waals surface area (Å²) in [6.45, 7) is 1.94. The molecule has 0 saturated heterocycles. The van der Waals surface area contributed by atoms with Gasteiger partial charge in [0.25, 0.3) is 11.8 Å². The molecule has 0 unspecified atom stereocenters. The number of fused-ring (bicyclic) bond motifs is 1. The Morgan fingerprint density at radius 3 is 2.40 bits per heavy atom. The fourth-order valence-electron chi connectivity index (χ4n) is 3.08. The molecule has 1 aromatic carbocycles. The molecule has 0 radical (unpaired) electrons. The van der Waals surface area contributed by atoms with Crippen molar-refractivity contribution in [3.63, 3.8) is 0 Å². The van der Waals surface area contributed by atoms with Crippen LogP contribution in [0.5, 0.6) is 0 Å². The number of carbonyl (C=O) groups is 2. The summed E-state index contributed by atoms with van der Waals surface area (Å²) in [5, 5.41) is 2.60. The zero-order valence-electron chi connectivity index (χ0n) is 16.8. The first-order valence-electron chi connectivity index (χ1n) is 9.34. The maximum atomic E-state index is 12.9. The third kappa shape index (κ3) is 3.50. The van der Waals surface area contributed by atoms with E-state index >= 15 is 0 Å². The van der Waals surface area contributed by atoms with Crippen LogP contribution in [0.15, 0.2) is 61.2 Å². The number of aryl methyl sites for hydroxylation is 1. The Hall–Kier alpha value is -4.07. The van der Waals surface area contributed by atoms with Crippen LogP contribution in [0.3, 0.4) is 0 Å². The van der Waals surface area contributed by atoms with Gasteiger partial charge in [0.1, 0.15) is 11.5 Å². The Bertz CT molecular complexity index is 1230. The van der Waals surface area contributed by atoms with E-state index in [0.29, 0.717) is 17.0 Å². The summed E-state index contributed by atoms with van der Waals surface area (Å²) in [4.78, 5) is 39.1. The fourth-order valence-corrected chi connectivity index (χ4v) is 3.08. The number of rotatable bonds is 4. The van der Waals surface area contributed by atoms with E-state index in [4.69, 9.17) is 0 Å². The molecule has 0 aliphatic rings. The third-order valence-corrected chi connectivity index (χ3v) is 4.83. The minimum atomic E-state index is -0.275. The molecule has 0 spiro atoms. The minimum absolute atomic E-state index is 0.149. The van der Waals surface area contributed by atoms with Gasteiger partial charge >= 0.3 is 0 Å². The van der Waals surface area contributed by atoms with Crippen LogP contribution < -0.4 is 10.2 Å². The highest BCUT2D eigenvalue weighted by Crippen LogP contribution is 2.22. The first kappa shape index (κ1) is 19.3. The van der Waals surface area contributed by atoms with Crippen LogP contribution >= 0.6 is 0 Å². The molecule has 3 heterocycles. The predicted octanol–water partition coefficient (Wildman–Crippen LogP) is 2.74. The Morgan fingerprint density at radius 2 is 1.73 bits per heavy atom. The lowest BCUT2D eigenvalue weighted by atomic mass is 10.1. The van der Waals surface area contributed by atoms with Crippen LogP contribution in [-0.2, 0) is 0 Å². The van der Waals surface area contributed by atoms with Crippen molar-refractivity contribution in [3.8, 4) is 11.3 Å². The molecule has 150 valence electrons. The number of carbonyl (C=O) groups excluding carboxylic acids is 2. The third-order valence-electron chi connectivity index (χ3n) is 4.83. The number of imidazole rings is 1. The van der Waals surface area contributed by atoms with Gasteiger partial charge in [-0.1, -0.05) is 18.2 Å². The number of amides is 2. The summed E-state index contributed by atoms with van der Waals surface area (Å²) in [6.07, 6.45) is 6.65. The molecule has 0 atom stereocenters. The topological polar surface area (TPSA) is 92.5 Å². The van der Waals surface area contributed by atoms with Crippen molar-refractivity contribution < 1.29 is 9.59 Å². The summed E-state index contributed by atoms with van der Waals surface area (Å²) in [7, 11) is 3.26. The highest BCUT2D eigenvalue weighted by molar-refractivity contribution is 6.03. The number of anilines is 1. The highest BCUT2D eigenvalue weighted by Gasteiger charge is 2.18. The molecule has 0 aliphatic heterocycles. The van der Waals surface area contributed by atoms with Crippen molar-refractivity contribution in [3.05, 3.63) is 78.0 Å². The molecule has 30 heavy (non-hydrogen) atoms. The first-order valence-corrected chi connectivity index (χ1v) is 9.34. The van der Waals surface area contributed by atoms with Crippen LogP contribution in [0.2, 0.25) is 0 Å². The Labute approximate surface area is 173 Å². The molecule has 1 N–H and O–H groups in total. The van der Waals surface area contributed by atoms with Gasteiger partial charge in [-0.25, -0.2) is 15.0 Å². The number of aromatic nitrogens is 4. The van der Waals surface area contributed by atoms with Crippen molar-refractivity contribution in [2.45, 2.75) is 6.92 Å². The number of pyridine rings is 1. The average Bonchev–Trinajstić information content (AvgIpc) is 3.21. The van der Waals surface area contributed by atoms with Crippen molar-refractivity contribution in [1.29, 1.82) is 0 Å². The molecule has 8 nitrogen and oxygen atoms in total. The molecule has 0 bridgehead atoms. The number of hydrogen-bond acceptors (Lipinski definition) is 5. The van der Waals surface area contributed by atoms with E-state index in [2.05, 4.69) is 20.3 Å². The second kappa shape index (κ2) is 7.75. The van der Waals surface area contributed by atoms with Gasteiger partial charge in [-0.3, -0.25) is 18.9 Å². The second-order valence-corrected chi connectivity index (χ2v) is 6.86. The summed E-state index contributed by atoms with van der Waals surface area (Å²) in [5.41, 5.74) is 4.14. The highest BCUT2D eigenvalue weighted by atomic mass is 16.2. The van der Waals surface area contributed by atoms with Gasteiger partial charge in [0.15, 0.2) is 5.65 Å². The lowest BCUT2D eigenvalue weighted by molar-refractivity contribution is 0.0960. The van der Waals surface area contributed by atoms with Gasteiger partial charge in [-0.05, 0) is 30.7 Å². The first-order chi connectivity index (χ1) is 14.5. The molecule has 2 amide bonds. The summed E-state index contributed by atoms with van der Waals surface area (Å²) < 4.78 is 1.81. The standard InChI is InChI=1S/C22H20N6O2/c1-14-4-9-19(25-10-14)27(3)22(30)17-13-28-18(11-26-20(28)12-24-17)15-5-7-16(8-6-15)21(29)23-2/h4-13H,1-3H3,(H,23,29). The van der Waals surface area contributed by atoms with Crippen molar-refractivity contribution in [1.82, 2.24) is 24.7 Å². The van der Waals surface area contributed by atoms with Crippen LogP contribution in [0.4, 0.5) is 5.82 Å². The normalized spacial score (nSPS) is 10.8. The number of benzene rings is 1. The van der Waals surface area contributed by atoms with E-state index in [1.165, 1.54) is 4.90 Å². The molecular formula is C22H20N6O2. The summed E-state index contributed by atoms with van der Waals surface area (Å²) in [5.74, 6) is 0.121. The largest absolute Gasteiger partial charge is 0.355 e. The van der Waals surface area contributed by atoms with Crippen LogP contribution in [0.1, 0.15) is 26.4 Å². The molecule has 0 aliphatic carbocycles. The van der Waals surface area contributed by atoms with E-state index in [-0.39, 0.29) is 17.5 Å². The molecule has 4 aromatic rings. The van der Waals surface area contributed by atoms with E-state index in [0.717, 1.165) is 16.8 Å². The zero-order chi connectivity index (χ0) is 21.3. The van der Waals surface area contributed by atoms with Crippen molar-refractivity contribution in [2.75, 3.05) is 19.0 Å². The molecule has 3 aromatic heterocycles. The van der Waals surface area contributed by atoms with Crippen LogP contribution in [0.25, 0.3) is 16.9 Å². The predicted molar refractivity (Wildman–Crippen MR) is 114 cm³/mol. The van der Waals surface area contributed by atoms with Crippen LogP contribution in [-0.4, -0.2) is 45.3 Å². The van der Waals surface area contributed by atoms with Gasteiger partial charge in [0, 0.05) is 37.6 Å². The van der Waals surface area contributed by atoms with Crippen molar-refractivity contribution >= 4 is 23.3 Å². The molecular weight excluding hydrogens is 380 g/mol. The Morgan fingerprint density at radius 1 is 0.967 bits per heavy atom. The summed E-state index contributed by atoms with van der Waals surface area (Å²) in [6, 6.07) is 10.9. The molecule has 4 rings (SSSR count). The summed E-state index contributed by atoms with van der Waals surface area (Å²) >= 11 is 0. The molecule has 8 heteroatoms. The maximum Gasteiger partial charge on any atom is 0.279 e. The van der Waals surface area contributed by atoms with E-state index < -0.39 is 0 Å². The smallest absolute Gasteiger partial charge is 0.279 e. The SMILES string of the molecule is CNC(=O)c1ccc(-c2cnc3cnc(C(=O)N(C)c4ccc(C)cn4)cn23)cc1. The second-order valence-electron chi connectivity index (χ2n) is 6.86. The Balaban J connectivity index is 1.68. The Kier molecular flexibility index (Phi) is 4.97. The maximum absolute atomic E-state index is 12.9. The molecule has 0 fully saturated rings. The monoisotopic (exact) mass is 400 g/mol. The van der Waals surface area contributed by atoms with Gasteiger partial charge in [-0.15, -0.1) is 0 Å². The van der Waals surface area contributed by atoms with Gasteiger partial charge in [0.2, 0.25) is 0 Å². The lowest BCUT2D eigenvalue weighted by Crippen LogP contribution is -2.28.